The number of benzene rings is 2. The number of ether oxygens (including phenoxy) is 2. The maximum absolute atomic E-state index is 12.6. The fourth-order valence-corrected chi connectivity index (χ4v) is 3.29. The van der Waals surface area contributed by atoms with Crippen LogP contribution in [0.2, 0.25) is 0 Å². The minimum Gasteiger partial charge on any atom is -0.490 e. The molecule has 0 unspecified atom stereocenters. The number of nitrogens with one attached hydrogen (secondary N) is 1. The molecule has 1 aliphatic rings. The highest BCUT2D eigenvalue weighted by atomic mass is 16.5. The van der Waals surface area contributed by atoms with Gasteiger partial charge >= 0.3 is 0 Å². The van der Waals surface area contributed by atoms with Crippen LogP contribution in [0.1, 0.15) is 49.5 Å². The molecule has 6 heteroatoms. The molecule has 2 amide bonds. The molecule has 3 rings (SSSR count). The summed E-state index contributed by atoms with van der Waals surface area (Å²) in [6.45, 7) is 8.32. The molecule has 0 aromatic heterocycles. The number of hydrogen-bond acceptors (Lipinski definition) is 4. The first-order valence-electron chi connectivity index (χ1n) is 10.5. The third-order valence-electron chi connectivity index (χ3n) is 4.85. The predicted molar refractivity (Wildman–Crippen MR) is 117 cm³/mol. The Balaban J connectivity index is 1.61. The average Bonchev–Trinajstić information content (AvgIpc) is 3.17. The monoisotopic (exact) mass is 410 g/mol. The van der Waals surface area contributed by atoms with E-state index in [0.29, 0.717) is 49.2 Å². The molecule has 30 heavy (non-hydrogen) atoms. The van der Waals surface area contributed by atoms with E-state index in [0.717, 1.165) is 24.2 Å². The van der Waals surface area contributed by atoms with Crippen LogP contribution in [0.4, 0.5) is 5.69 Å². The van der Waals surface area contributed by atoms with Crippen molar-refractivity contribution in [2.45, 2.75) is 40.2 Å². The molecule has 2 aromatic rings. The first-order valence-corrected chi connectivity index (χ1v) is 10.5. The van der Waals surface area contributed by atoms with Crippen LogP contribution < -0.4 is 19.7 Å². The van der Waals surface area contributed by atoms with Gasteiger partial charge in [0.15, 0.2) is 11.5 Å². The first kappa shape index (κ1) is 21.7. The molecule has 0 radical (unpaired) electrons. The lowest BCUT2D eigenvalue weighted by atomic mass is 10.1. The second-order valence-electron chi connectivity index (χ2n) is 7.80. The SMILES string of the molecule is CCOc1cc(C(=O)NCc2ccc(N3CCCC3=O)cc2)ccc1OCC(C)C. The van der Waals surface area contributed by atoms with Crippen LogP contribution in [0.25, 0.3) is 0 Å². The normalized spacial score (nSPS) is 13.6. The van der Waals surface area contributed by atoms with Gasteiger partial charge in [-0.15, -0.1) is 0 Å². The van der Waals surface area contributed by atoms with E-state index in [1.165, 1.54) is 0 Å². The van der Waals surface area contributed by atoms with Gasteiger partial charge in [0.1, 0.15) is 0 Å². The Hall–Kier alpha value is -3.02. The zero-order chi connectivity index (χ0) is 21.5. The molecule has 0 aliphatic carbocycles. The number of carbonyl (C=O) groups is 2. The van der Waals surface area contributed by atoms with Gasteiger partial charge in [0.05, 0.1) is 13.2 Å². The fraction of sp³-hybridized carbons (Fsp3) is 0.417. The molecular weight excluding hydrogens is 380 g/mol. The zero-order valence-electron chi connectivity index (χ0n) is 17.9. The van der Waals surface area contributed by atoms with Crippen molar-refractivity contribution < 1.29 is 19.1 Å². The van der Waals surface area contributed by atoms with E-state index in [-0.39, 0.29) is 11.8 Å². The number of hydrogen-bond donors (Lipinski definition) is 1. The van der Waals surface area contributed by atoms with Crippen molar-refractivity contribution in [2.75, 3.05) is 24.7 Å². The standard InChI is InChI=1S/C24H30N2O4/c1-4-29-22-14-19(9-12-21(22)30-16-17(2)3)24(28)25-15-18-7-10-20(11-8-18)26-13-5-6-23(26)27/h7-12,14,17H,4-6,13,15-16H2,1-3H3,(H,25,28). The molecule has 0 bridgehead atoms. The van der Waals surface area contributed by atoms with Gasteiger partial charge in [0.25, 0.3) is 5.91 Å². The van der Waals surface area contributed by atoms with Crippen LogP contribution in [-0.2, 0) is 11.3 Å². The maximum Gasteiger partial charge on any atom is 0.251 e. The number of rotatable bonds is 9. The van der Waals surface area contributed by atoms with Crippen molar-refractivity contribution in [3.05, 3.63) is 53.6 Å². The largest absolute Gasteiger partial charge is 0.490 e. The van der Waals surface area contributed by atoms with E-state index in [2.05, 4.69) is 19.2 Å². The Kier molecular flexibility index (Phi) is 7.33. The zero-order valence-corrected chi connectivity index (χ0v) is 17.9. The third kappa shape index (κ3) is 5.53. The van der Waals surface area contributed by atoms with Crippen molar-refractivity contribution in [1.29, 1.82) is 0 Å². The summed E-state index contributed by atoms with van der Waals surface area (Å²) in [6.07, 6.45) is 1.52. The summed E-state index contributed by atoms with van der Waals surface area (Å²) in [5, 5.41) is 2.94. The Labute approximate surface area is 178 Å². The van der Waals surface area contributed by atoms with Crippen molar-refractivity contribution in [3.8, 4) is 11.5 Å². The van der Waals surface area contributed by atoms with Crippen LogP contribution in [-0.4, -0.2) is 31.6 Å². The molecule has 0 spiro atoms. The van der Waals surface area contributed by atoms with Crippen molar-refractivity contribution >= 4 is 17.5 Å². The van der Waals surface area contributed by atoms with Gasteiger partial charge in [-0.1, -0.05) is 26.0 Å². The van der Waals surface area contributed by atoms with E-state index < -0.39 is 0 Å². The highest BCUT2D eigenvalue weighted by molar-refractivity contribution is 5.95. The van der Waals surface area contributed by atoms with Gasteiger partial charge in [0, 0.05) is 30.8 Å². The van der Waals surface area contributed by atoms with Crippen molar-refractivity contribution in [3.63, 3.8) is 0 Å². The molecule has 1 fully saturated rings. The topological polar surface area (TPSA) is 67.9 Å². The lowest BCUT2D eigenvalue weighted by Gasteiger charge is -2.16. The highest BCUT2D eigenvalue weighted by Crippen LogP contribution is 2.29. The Bertz CT molecular complexity index is 877. The van der Waals surface area contributed by atoms with Crippen LogP contribution >= 0.6 is 0 Å². The molecule has 0 saturated carbocycles. The highest BCUT2D eigenvalue weighted by Gasteiger charge is 2.21. The molecular formula is C24H30N2O4. The maximum atomic E-state index is 12.6. The van der Waals surface area contributed by atoms with Crippen LogP contribution in [0.3, 0.4) is 0 Å². The van der Waals surface area contributed by atoms with Gasteiger partial charge in [-0.25, -0.2) is 0 Å². The average molecular weight is 411 g/mol. The van der Waals surface area contributed by atoms with Gasteiger partial charge in [-0.05, 0) is 55.2 Å². The van der Waals surface area contributed by atoms with Crippen LogP contribution in [0.5, 0.6) is 11.5 Å². The van der Waals surface area contributed by atoms with Gasteiger partial charge in [-0.2, -0.15) is 0 Å². The second-order valence-corrected chi connectivity index (χ2v) is 7.80. The summed E-state index contributed by atoms with van der Waals surface area (Å²) in [4.78, 5) is 26.3. The summed E-state index contributed by atoms with van der Waals surface area (Å²) < 4.78 is 11.4. The smallest absolute Gasteiger partial charge is 0.251 e. The number of carbonyl (C=O) groups excluding carboxylic acids is 2. The summed E-state index contributed by atoms with van der Waals surface area (Å²) >= 11 is 0. The Morgan fingerprint density at radius 2 is 1.87 bits per heavy atom. The van der Waals surface area contributed by atoms with Gasteiger partial charge in [0.2, 0.25) is 5.91 Å². The number of anilines is 1. The molecule has 6 nitrogen and oxygen atoms in total. The third-order valence-corrected chi connectivity index (χ3v) is 4.85. The molecule has 160 valence electrons. The van der Waals surface area contributed by atoms with E-state index in [4.69, 9.17) is 9.47 Å². The Morgan fingerprint density at radius 1 is 1.10 bits per heavy atom. The number of nitrogens with zero attached hydrogens (tertiary/aromatic N) is 1. The molecule has 1 aliphatic heterocycles. The minimum absolute atomic E-state index is 0.168. The molecule has 1 N–H and O–H groups in total. The minimum atomic E-state index is -0.176. The fourth-order valence-electron chi connectivity index (χ4n) is 3.29. The summed E-state index contributed by atoms with van der Waals surface area (Å²) in [6, 6.07) is 13.0. The summed E-state index contributed by atoms with van der Waals surface area (Å²) in [5.74, 6) is 1.61. The van der Waals surface area contributed by atoms with E-state index in [1.54, 1.807) is 23.1 Å². The second kappa shape index (κ2) is 10.1. The van der Waals surface area contributed by atoms with Crippen molar-refractivity contribution in [2.24, 2.45) is 5.92 Å². The molecule has 1 saturated heterocycles. The first-order chi connectivity index (χ1) is 14.5. The predicted octanol–water partition coefficient (Wildman–Crippen LogP) is 4.18. The van der Waals surface area contributed by atoms with Crippen molar-refractivity contribution in [1.82, 2.24) is 5.32 Å². The lowest BCUT2D eigenvalue weighted by molar-refractivity contribution is -0.117. The van der Waals surface area contributed by atoms with Gasteiger partial charge in [-0.3, -0.25) is 9.59 Å². The number of amides is 2. The summed E-state index contributed by atoms with van der Waals surface area (Å²) in [5.41, 5.74) is 2.40. The van der Waals surface area contributed by atoms with E-state index in [9.17, 15) is 9.59 Å². The Morgan fingerprint density at radius 3 is 2.50 bits per heavy atom. The van der Waals surface area contributed by atoms with E-state index in [1.807, 2.05) is 31.2 Å². The molecule has 1 heterocycles. The molecule has 2 aromatic carbocycles. The summed E-state index contributed by atoms with van der Waals surface area (Å²) in [7, 11) is 0. The van der Waals surface area contributed by atoms with Crippen LogP contribution in [0, 0.1) is 5.92 Å². The lowest BCUT2D eigenvalue weighted by Crippen LogP contribution is -2.24. The van der Waals surface area contributed by atoms with Crippen LogP contribution in [0.15, 0.2) is 42.5 Å². The van der Waals surface area contributed by atoms with Gasteiger partial charge < -0.3 is 19.7 Å². The quantitative estimate of drug-likeness (QED) is 0.674. The molecule has 0 atom stereocenters. The van der Waals surface area contributed by atoms with E-state index >= 15 is 0 Å².